The van der Waals surface area contributed by atoms with Gasteiger partial charge in [-0.3, -0.25) is 4.79 Å². The highest BCUT2D eigenvalue weighted by atomic mass is 19.2. The van der Waals surface area contributed by atoms with Gasteiger partial charge in [0.1, 0.15) is 5.60 Å². The molecule has 3 rings (SSSR count). The van der Waals surface area contributed by atoms with E-state index in [0.717, 1.165) is 24.5 Å². The summed E-state index contributed by atoms with van der Waals surface area (Å²) >= 11 is 0. The zero-order valence-electron chi connectivity index (χ0n) is 11.8. The largest absolute Gasteiger partial charge is 0.454 e. The number of benzene rings is 2. The summed E-state index contributed by atoms with van der Waals surface area (Å²) in [4.78, 5) is 11.5. The standard InChI is InChI=1S/C17H16F2O2/c1-11(20)21-17(9-2-3-10-17)14-6-4-5-13-12(14)7-8-15(18)16(13)19/h4-8H,2-3,9-10H2,1H3. The molecule has 0 aliphatic heterocycles. The maximum absolute atomic E-state index is 14.0. The summed E-state index contributed by atoms with van der Waals surface area (Å²) in [5, 5.41) is 0.838. The third-order valence-corrected chi connectivity index (χ3v) is 4.19. The molecule has 4 heteroatoms. The van der Waals surface area contributed by atoms with Crippen molar-refractivity contribution < 1.29 is 18.3 Å². The Morgan fingerprint density at radius 2 is 1.81 bits per heavy atom. The van der Waals surface area contributed by atoms with Crippen LogP contribution in [0, 0.1) is 11.6 Å². The van der Waals surface area contributed by atoms with Gasteiger partial charge in [0.2, 0.25) is 0 Å². The first kappa shape index (κ1) is 14.0. The number of hydrogen-bond donors (Lipinski definition) is 0. The summed E-state index contributed by atoms with van der Waals surface area (Å²) in [6, 6.07) is 7.76. The van der Waals surface area contributed by atoms with Crippen molar-refractivity contribution in [2.45, 2.75) is 38.2 Å². The van der Waals surface area contributed by atoms with Gasteiger partial charge < -0.3 is 4.74 Å². The molecule has 1 aliphatic carbocycles. The van der Waals surface area contributed by atoms with Crippen molar-refractivity contribution in [1.82, 2.24) is 0 Å². The molecule has 21 heavy (non-hydrogen) atoms. The van der Waals surface area contributed by atoms with Crippen LogP contribution in [0.5, 0.6) is 0 Å². The molecule has 0 saturated heterocycles. The third-order valence-electron chi connectivity index (χ3n) is 4.19. The monoisotopic (exact) mass is 290 g/mol. The molecule has 2 aromatic rings. The number of halogens is 2. The van der Waals surface area contributed by atoms with Crippen LogP contribution in [0.15, 0.2) is 30.3 Å². The third kappa shape index (κ3) is 2.28. The predicted octanol–water partition coefficient (Wildman–Crippen LogP) is 4.45. The Bertz CT molecular complexity index is 703. The molecule has 1 fully saturated rings. The maximum Gasteiger partial charge on any atom is 0.303 e. The van der Waals surface area contributed by atoms with Crippen molar-refractivity contribution in [3.05, 3.63) is 47.5 Å². The Morgan fingerprint density at radius 3 is 2.48 bits per heavy atom. The minimum absolute atomic E-state index is 0.228. The second-order valence-corrected chi connectivity index (χ2v) is 5.56. The summed E-state index contributed by atoms with van der Waals surface area (Å²) in [7, 11) is 0. The number of fused-ring (bicyclic) bond motifs is 1. The van der Waals surface area contributed by atoms with Crippen molar-refractivity contribution in [3.8, 4) is 0 Å². The number of rotatable bonds is 2. The summed E-state index contributed by atoms with van der Waals surface area (Å²) in [5.41, 5.74) is 0.0573. The lowest BCUT2D eigenvalue weighted by Gasteiger charge is -2.30. The molecule has 0 radical (unpaired) electrons. The van der Waals surface area contributed by atoms with Crippen LogP contribution >= 0.6 is 0 Å². The fourth-order valence-corrected chi connectivity index (χ4v) is 3.34. The Kier molecular flexibility index (Phi) is 3.40. The van der Waals surface area contributed by atoms with Crippen LogP contribution in [-0.4, -0.2) is 5.97 Å². The zero-order valence-corrected chi connectivity index (χ0v) is 11.8. The quantitative estimate of drug-likeness (QED) is 0.764. The van der Waals surface area contributed by atoms with E-state index in [2.05, 4.69) is 0 Å². The summed E-state index contributed by atoms with van der Waals surface area (Å²) < 4.78 is 33.0. The minimum atomic E-state index is -0.868. The lowest BCUT2D eigenvalue weighted by atomic mass is 9.87. The van der Waals surface area contributed by atoms with Gasteiger partial charge in [0.15, 0.2) is 11.6 Å². The van der Waals surface area contributed by atoms with Gasteiger partial charge in [-0.05, 0) is 37.1 Å². The molecule has 0 atom stereocenters. The lowest BCUT2D eigenvalue weighted by molar-refractivity contribution is -0.157. The molecule has 0 unspecified atom stereocenters. The van der Waals surface area contributed by atoms with Gasteiger partial charge in [-0.25, -0.2) is 8.78 Å². The van der Waals surface area contributed by atoms with Gasteiger partial charge in [0, 0.05) is 17.9 Å². The average molecular weight is 290 g/mol. The molecule has 2 nitrogen and oxygen atoms in total. The van der Waals surface area contributed by atoms with E-state index in [-0.39, 0.29) is 11.4 Å². The predicted molar refractivity (Wildman–Crippen MR) is 75.8 cm³/mol. The Hall–Kier alpha value is -1.97. The van der Waals surface area contributed by atoms with Gasteiger partial charge in [-0.15, -0.1) is 0 Å². The Labute approximate surface area is 121 Å². The average Bonchev–Trinajstić information content (AvgIpc) is 2.91. The molecular weight excluding hydrogens is 274 g/mol. The number of carbonyl (C=O) groups is 1. The smallest absolute Gasteiger partial charge is 0.303 e. The first-order valence-corrected chi connectivity index (χ1v) is 7.10. The number of esters is 1. The fraction of sp³-hybridized carbons (Fsp3) is 0.353. The van der Waals surface area contributed by atoms with Crippen molar-refractivity contribution in [2.75, 3.05) is 0 Å². The highest BCUT2D eigenvalue weighted by Gasteiger charge is 2.40. The van der Waals surface area contributed by atoms with E-state index in [9.17, 15) is 13.6 Å². The molecular formula is C17H16F2O2. The number of ether oxygens (including phenoxy) is 1. The molecule has 1 aliphatic rings. The van der Waals surface area contributed by atoms with Crippen molar-refractivity contribution in [1.29, 1.82) is 0 Å². The molecule has 1 saturated carbocycles. The highest BCUT2D eigenvalue weighted by Crippen LogP contribution is 2.45. The molecule has 2 aromatic carbocycles. The molecule has 0 amide bonds. The van der Waals surface area contributed by atoms with Gasteiger partial charge in [-0.1, -0.05) is 24.3 Å². The zero-order chi connectivity index (χ0) is 15.0. The van der Waals surface area contributed by atoms with E-state index >= 15 is 0 Å². The van der Waals surface area contributed by atoms with Gasteiger partial charge >= 0.3 is 5.97 Å². The summed E-state index contributed by atoms with van der Waals surface area (Å²) in [5.74, 6) is -2.07. The minimum Gasteiger partial charge on any atom is -0.454 e. The van der Waals surface area contributed by atoms with Gasteiger partial charge in [0.05, 0.1) is 0 Å². The molecule has 0 bridgehead atoms. The van der Waals surface area contributed by atoms with Crippen LogP contribution in [0.4, 0.5) is 8.78 Å². The van der Waals surface area contributed by atoms with E-state index < -0.39 is 17.2 Å². The van der Waals surface area contributed by atoms with Gasteiger partial charge in [-0.2, -0.15) is 0 Å². The highest BCUT2D eigenvalue weighted by molar-refractivity contribution is 5.87. The molecule has 0 spiro atoms. The molecule has 110 valence electrons. The summed E-state index contributed by atoms with van der Waals surface area (Å²) in [6.45, 7) is 1.38. The van der Waals surface area contributed by atoms with Crippen molar-refractivity contribution in [3.63, 3.8) is 0 Å². The number of carbonyl (C=O) groups excluding carboxylic acids is 1. The van der Waals surface area contributed by atoms with Gasteiger partial charge in [0.25, 0.3) is 0 Å². The van der Waals surface area contributed by atoms with E-state index in [0.29, 0.717) is 18.2 Å². The molecule has 0 aromatic heterocycles. The van der Waals surface area contributed by atoms with Crippen molar-refractivity contribution in [2.24, 2.45) is 0 Å². The van der Waals surface area contributed by atoms with E-state index in [1.807, 2.05) is 6.07 Å². The lowest BCUT2D eigenvalue weighted by Crippen LogP contribution is -2.28. The Morgan fingerprint density at radius 1 is 1.10 bits per heavy atom. The number of hydrogen-bond acceptors (Lipinski definition) is 2. The van der Waals surface area contributed by atoms with Crippen LogP contribution < -0.4 is 0 Å². The van der Waals surface area contributed by atoms with Crippen LogP contribution in [0.3, 0.4) is 0 Å². The second kappa shape index (κ2) is 5.10. The second-order valence-electron chi connectivity index (χ2n) is 5.56. The fourth-order valence-electron chi connectivity index (χ4n) is 3.34. The SMILES string of the molecule is CC(=O)OC1(c2cccc3c(F)c(F)ccc23)CCCC1. The first-order chi connectivity index (χ1) is 10.0. The first-order valence-electron chi connectivity index (χ1n) is 7.10. The molecule has 0 heterocycles. The topological polar surface area (TPSA) is 26.3 Å². The van der Waals surface area contributed by atoms with Crippen LogP contribution in [0.1, 0.15) is 38.2 Å². The van der Waals surface area contributed by atoms with E-state index in [1.165, 1.54) is 6.92 Å². The Balaban J connectivity index is 2.23. The molecule has 0 N–H and O–H groups in total. The normalized spacial score (nSPS) is 17.1. The van der Waals surface area contributed by atoms with E-state index in [4.69, 9.17) is 4.74 Å². The van der Waals surface area contributed by atoms with Crippen LogP contribution in [0.25, 0.3) is 10.8 Å². The maximum atomic E-state index is 14.0. The van der Waals surface area contributed by atoms with Crippen LogP contribution in [0.2, 0.25) is 0 Å². The van der Waals surface area contributed by atoms with E-state index in [1.54, 1.807) is 18.2 Å². The summed E-state index contributed by atoms with van der Waals surface area (Å²) in [6.07, 6.45) is 3.33. The van der Waals surface area contributed by atoms with Crippen molar-refractivity contribution >= 4 is 16.7 Å². The van der Waals surface area contributed by atoms with Crippen LogP contribution in [-0.2, 0) is 15.1 Å².